The Morgan fingerprint density at radius 2 is 2.11 bits per heavy atom. The fraction of sp³-hybridized carbons (Fsp3) is 0.700. The number of nitrogens with zero attached hydrogens (tertiary/aromatic N) is 6. The monoisotopic (exact) mass is 316 g/mol. The molecular formula is C10H16N6S3. The first-order chi connectivity index (χ1) is 8.95. The fourth-order valence-electron chi connectivity index (χ4n) is 1.14. The minimum atomic E-state index is 0.184. The van der Waals surface area contributed by atoms with Gasteiger partial charge < -0.3 is 0 Å². The highest BCUT2D eigenvalue weighted by atomic mass is 32.2. The molecule has 0 saturated heterocycles. The molecule has 0 aliphatic heterocycles. The van der Waals surface area contributed by atoms with Crippen molar-refractivity contribution in [1.82, 2.24) is 19.8 Å². The second-order valence-electron chi connectivity index (χ2n) is 4.22. The number of aromatic nitrogens is 4. The molecule has 0 amide bonds. The number of hydrogen-bond acceptors (Lipinski definition) is 7. The van der Waals surface area contributed by atoms with E-state index in [1.165, 1.54) is 11.8 Å². The summed E-state index contributed by atoms with van der Waals surface area (Å²) in [4.78, 5) is 3.80. The van der Waals surface area contributed by atoms with E-state index in [9.17, 15) is 0 Å². The smallest absolute Gasteiger partial charge is 0.216 e. The molecule has 0 radical (unpaired) electrons. The Morgan fingerprint density at radius 1 is 1.42 bits per heavy atom. The molecule has 0 bridgehead atoms. The molecule has 0 aliphatic carbocycles. The molecule has 0 atom stereocenters. The van der Waals surface area contributed by atoms with Gasteiger partial charge in [0.2, 0.25) is 11.0 Å². The number of hydrogen-bond donors (Lipinski definition) is 0. The molecule has 0 spiro atoms. The van der Waals surface area contributed by atoms with Crippen LogP contribution in [0.1, 0.15) is 33.7 Å². The highest BCUT2D eigenvalue weighted by Crippen LogP contribution is 2.22. The number of rotatable bonds is 4. The summed E-state index contributed by atoms with van der Waals surface area (Å²) in [5.41, 5.74) is 0. The van der Waals surface area contributed by atoms with E-state index in [0.717, 1.165) is 4.38 Å². The standard InChI is InChI=1S/C10H16N6S3/c1-7(2)16-10(17)15(13-14-16)6-18-9(12-5-11)19-8(3)4/h7-8H,6H2,1-4H3. The van der Waals surface area contributed by atoms with Crippen molar-refractivity contribution in [3.05, 3.63) is 4.77 Å². The lowest BCUT2D eigenvalue weighted by atomic mass is 10.4. The van der Waals surface area contributed by atoms with Crippen molar-refractivity contribution in [2.24, 2.45) is 4.99 Å². The van der Waals surface area contributed by atoms with Gasteiger partial charge in [-0.1, -0.05) is 37.4 Å². The lowest BCUT2D eigenvalue weighted by Crippen LogP contribution is -2.05. The summed E-state index contributed by atoms with van der Waals surface area (Å²) < 4.78 is 4.62. The zero-order valence-corrected chi connectivity index (χ0v) is 13.7. The van der Waals surface area contributed by atoms with E-state index in [1.807, 2.05) is 20.0 Å². The zero-order chi connectivity index (χ0) is 14.4. The van der Waals surface area contributed by atoms with Gasteiger partial charge >= 0.3 is 0 Å². The third kappa shape index (κ3) is 4.97. The molecule has 1 rings (SSSR count). The molecule has 0 saturated carbocycles. The van der Waals surface area contributed by atoms with E-state index < -0.39 is 0 Å². The maximum absolute atomic E-state index is 8.65. The van der Waals surface area contributed by atoms with Gasteiger partial charge in [0.25, 0.3) is 0 Å². The van der Waals surface area contributed by atoms with Crippen LogP contribution in [0.25, 0.3) is 0 Å². The predicted octanol–water partition coefficient (Wildman–Crippen LogP) is 3.06. The summed E-state index contributed by atoms with van der Waals surface area (Å²) in [5, 5.41) is 17.0. The van der Waals surface area contributed by atoms with E-state index in [1.54, 1.807) is 21.1 Å². The van der Waals surface area contributed by atoms with Gasteiger partial charge in [-0.3, -0.25) is 0 Å². The van der Waals surface area contributed by atoms with Gasteiger partial charge in [-0.15, -0.1) is 0 Å². The first-order valence-corrected chi connectivity index (χ1v) is 8.01. The molecule has 0 unspecified atom stereocenters. The van der Waals surface area contributed by atoms with Crippen LogP contribution < -0.4 is 0 Å². The van der Waals surface area contributed by atoms with Gasteiger partial charge in [0.05, 0.1) is 11.9 Å². The van der Waals surface area contributed by atoms with Crippen LogP contribution in [0, 0.1) is 16.2 Å². The second-order valence-corrected chi connectivity index (χ2v) is 7.34. The van der Waals surface area contributed by atoms with Gasteiger partial charge in [-0.25, -0.2) is 9.36 Å². The minimum Gasteiger partial charge on any atom is -0.216 e. The third-order valence-electron chi connectivity index (χ3n) is 1.94. The first kappa shape index (κ1) is 16.2. The maximum Gasteiger partial charge on any atom is 0.216 e. The van der Waals surface area contributed by atoms with Crippen LogP contribution in [-0.2, 0) is 5.88 Å². The van der Waals surface area contributed by atoms with Crippen LogP contribution in [0.3, 0.4) is 0 Å². The Bertz CT molecular complexity index is 536. The molecule has 0 aliphatic rings. The molecule has 1 aromatic rings. The summed E-state index contributed by atoms with van der Waals surface area (Å²) in [6.45, 7) is 8.11. The van der Waals surface area contributed by atoms with E-state index in [-0.39, 0.29) is 6.04 Å². The Balaban J connectivity index is 2.73. The molecule has 1 aromatic heterocycles. The van der Waals surface area contributed by atoms with Crippen LogP contribution in [0.5, 0.6) is 0 Å². The molecule has 9 heteroatoms. The van der Waals surface area contributed by atoms with E-state index in [2.05, 4.69) is 29.3 Å². The quantitative estimate of drug-likeness (QED) is 0.368. The molecule has 6 nitrogen and oxygen atoms in total. The van der Waals surface area contributed by atoms with Gasteiger partial charge in [0, 0.05) is 5.25 Å². The number of aliphatic imine (C=N–C) groups is 1. The lowest BCUT2D eigenvalue weighted by molar-refractivity contribution is 0.508. The maximum atomic E-state index is 8.65. The van der Waals surface area contributed by atoms with Crippen molar-refractivity contribution >= 4 is 40.1 Å². The van der Waals surface area contributed by atoms with Crippen LogP contribution in [0.15, 0.2) is 4.99 Å². The van der Waals surface area contributed by atoms with Crippen molar-refractivity contribution in [1.29, 1.82) is 5.26 Å². The average Bonchev–Trinajstić information content (AvgIpc) is 2.67. The van der Waals surface area contributed by atoms with E-state index in [4.69, 9.17) is 17.5 Å². The molecule has 104 valence electrons. The van der Waals surface area contributed by atoms with Crippen LogP contribution in [0.4, 0.5) is 0 Å². The van der Waals surface area contributed by atoms with Gasteiger partial charge in [0.1, 0.15) is 4.38 Å². The van der Waals surface area contributed by atoms with Crippen molar-refractivity contribution in [3.63, 3.8) is 0 Å². The Labute approximate surface area is 126 Å². The Kier molecular flexibility index (Phi) is 6.54. The van der Waals surface area contributed by atoms with Gasteiger partial charge in [-0.2, -0.15) is 10.3 Å². The van der Waals surface area contributed by atoms with Crippen molar-refractivity contribution < 1.29 is 0 Å². The van der Waals surface area contributed by atoms with Gasteiger partial charge in [-0.05, 0) is 36.5 Å². The number of nitriles is 1. The molecular weight excluding hydrogens is 300 g/mol. The summed E-state index contributed by atoms with van der Waals surface area (Å²) in [7, 11) is 0. The normalized spacial score (nSPS) is 12.2. The summed E-state index contributed by atoms with van der Waals surface area (Å²) in [6, 6.07) is 0.184. The third-order valence-corrected chi connectivity index (χ3v) is 4.45. The van der Waals surface area contributed by atoms with Crippen molar-refractivity contribution in [2.45, 2.75) is 44.9 Å². The van der Waals surface area contributed by atoms with Gasteiger partial charge in [0.15, 0.2) is 0 Å². The van der Waals surface area contributed by atoms with E-state index in [0.29, 0.717) is 15.9 Å². The highest BCUT2D eigenvalue weighted by molar-refractivity contribution is 8.38. The number of thioether (sulfide) groups is 2. The Hall–Kier alpha value is -0.850. The SMILES string of the molecule is CC(C)SC(=NC#N)SCn1nnn(C(C)C)c1=S. The molecule has 0 aromatic carbocycles. The first-order valence-electron chi connectivity index (χ1n) is 5.74. The van der Waals surface area contributed by atoms with E-state index >= 15 is 0 Å². The summed E-state index contributed by atoms with van der Waals surface area (Å²) >= 11 is 8.27. The Morgan fingerprint density at radius 3 is 2.58 bits per heavy atom. The molecule has 0 N–H and O–H groups in total. The summed E-state index contributed by atoms with van der Waals surface area (Å²) in [6.07, 6.45) is 1.82. The van der Waals surface area contributed by atoms with Crippen molar-refractivity contribution in [3.8, 4) is 6.19 Å². The van der Waals surface area contributed by atoms with Crippen molar-refractivity contribution in [2.75, 3.05) is 0 Å². The fourth-order valence-corrected chi connectivity index (χ4v) is 3.59. The average molecular weight is 316 g/mol. The molecule has 19 heavy (non-hydrogen) atoms. The predicted molar refractivity (Wildman–Crippen MR) is 82.6 cm³/mol. The minimum absolute atomic E-state index is 0.184. The second kappa shape index (κ2) is 7.67. The zero-order valence-electron chi connectivity index (χ0n) is 11.3. The molecule has 0 fully saturated rings. The van der Waals surface area contributed by atoms with Crippen LogP contribution >= 0.6 is 35.7 Å². The van der Waals surface area contributed by atoms with Crippen LogP contribution in [0.2, 0.25) is 0 Å². The highest BCUT2D eigenvalue weighted by Gasteiger charge is 2.09. The van der Waals surface area contributed by atoms with Crippen LogP contribution in [-0.4, -0.2) is 29.4 Å². The largest absolute Gasteiger partial charge is 0.216 e. The summed E-state index contributed by atoms with van der Waals surface area (Å²) in [5.74, 6) is 0.506. The topological polar surface area (TPSA) is 71.8 Å². The number of tetrazole rings is 1. The molecule has 1 heterocycles. The lowest BCUT2D eigenvalue weighted by Gasteiger charge is -2.06.